The molecule has 0 aliphatic carbocycles. The maximum Gasteiger partial charge on any atom is 0.142 e. The summed E-state index contributed by atoms with van der Waals surface area (Å²) in [5.74, 6) is 0.667. The van der Waals surface area contributed by atoms with E-state index in [9.17, 15) is 0 Å². The lowest BCUT2D eigenvalue weighted by Gasteiger charge is -2.09. The number of rotatable bonds is 33. The minimum atomic E-state index is 0.0250. The molecule has 240 valence electrons. The average Bonchev–Trinajstić information content (AvgIpc) is 2.98. The lowest BCUT2D eigenvalue weighted by molar-refractivity contribution is -0.0270. The van der Waals surface area contributed by atoms with Crippen molar-refractivity contribution >= 4 is 5.69 Å². The van der Waals surface area contributed by atoms with E-state index in [1.165, 1.54) is 0 Å². The van der Waals surface area contributed by atoms with Crippen LogP contribution in [0.5, 0.6) is 5.75 Å². The largest absolute Gasteiger partial charge is 0.489 e. The molecule has 1 aromatic carbocycles. The van der Waals surface area contributed by atoms with Crippen LogP contribution in [-0.4, -0.2) is 150 Å². The second-order valence-electron chi connectivity index (χ2n) is 8.23. The zero-order chi connectivity index (χ0) is 29.3. The summed E-state index contributed by atoms with van der Waals surface area (Å²) in [5, 5.41) is 8.57. The SMILES string of the molecule is Nc1ccccc1OCCOCCOCCOCCOCCOCCOCCOCCOCCOCCOCCO. The molecule has 13 nitrogen and oxygen atoms in total. The Labute approximate surface area is 244 Å². The highest BCUT2D eigenvalue weighted by Crippen LogP contribution is 2.19. The maximum absolute atomic E-state index is 8.57. The van der Waals surface area contributed by atoms with Gasteiger partial charge in [-0.2, -0.15) is 0 Å². The van der Waals surface area contributed by atoms with Gasteiger partial charge in [0.2, 0.25) is 0 Å². The van der Waals surface area contributed by atoms with Crippen LogP contribution in [0.25, 0.3) is 0 Å². The number of aliphatic hydroxyl groups excluding tert-OH is 1. The number of nitrogens with two attached hydrogens (primary N) is 1. The molecule has 0 spiro atoms. The Kier molecular flexibility index (Phi) is 28.6. The summed E-state index contributed by atoms with van der Waals surface area (Å²) in [6, 6.07) is 7.37. The predicted octanol–water partition coefficient (Wildman–Crippen LogP) is 0.806. The van der Waals surface area contributed by atoms with Crippen molar-refractivity contribution in [2.24, 2.45) is 0 Å². The van der Waals surface area contributed by atoms with E-state index in [2.05, 4.69) is 0 Å². The Bertz CT molecular complexity index is 658. The van der Waals surface area contributed by atoms with E-state index in [0.29, 0.717) is 150 Å². The molecule has 0 aliphatic rings. The summed E-state index contributed by atoms with van der Waals surface area (Å²) >= 11 is 0. The lowest BCUT2D eigenvalue weighted by Crippen LogP contribution is -2.15. The number of nitrogen functional groups attached to an aromatic ring is 1. The standard InChI is InChI=1S/C28H51NO12/c29-27-3-1-2-4-28(27)41-26-25-40-24-23-39-22-21-38-20-19-37-18-17-36-16-15-35-14-13-34-12-11-33-10-9-32-8-7-31-6-5-30/h1-4,30H,5-26,29H2. The van der Waals surface area contributed by atoms with E-state index in [1.807, 2.05) is 18.2 Å². The van der Waals surface area contributed by atoms with Gasteiger partial charge < -0.3 is 62.9 Å². The van der Waals surface area contributed by atoms with E-state index >= 15 is 0 Å². The number of hydrogen-bond donors (Lipinski definition) is 2. The fourth-order valence-corrected chi connectivity index (χ4v) is 2.97. The highest BCUT2D eigenvalue weighted by Gasteiger charge is 1.99. The summed E-state index contributed by atoms with van der Waals surface area (Å²) in [6.45, 7) is 10.3. The number of ether oxygens (including phenoxy) is 11. The predicted molar refractivity (Wildman–Crippen MR) is 152 cm³/mol. The quantitative estimate of drug-likeness (QED) is 0.0876. The zero-order valence-electron chi connectivity index (χ0n) is 24.4. The lowest BCUT2D eigenvalue weighted by atomic mass is 10.3. The van der Waals surface area contributed by atoms with Gasteiger partial charge in [-0.1, -0.05) is 12.1 Å². The first-order valence-electron chi connectivity index (χ1n) is 14.2. The Hall–Kier alpha value is -1.62. The van der Waals surface area contributed by atoms with Crippen LogP contribution in [0.15, 0.2) is 24.3 Å². The Balaban J connectivity index is 1.64. The third-order valence-electron chi connectivity index (χ3n) is 4.99. The molecule has 0 unspecified atom stereocenters. The first-order valence-corrected chi connectivity index (χ1v) is 14.2. The molecule has 1 rings (SSSR count). The van der Waals surface area contributed by atoms with Crippen molar-refractivity contribution in [2.45, 2.75) is 0 Å². The molecule has 0 aliphatic heterocycles. The number of benzene rings is 1. The van der Waals surface area contributed by atoms with Crippen LogP contribution in [0.4, 0.5) is 5.69 Å². The third-order valence-corrected chi connectivity index (χ3v) is 4.99. The topological polar surface area (TPSA) is 148 Å². The van der Waals surface area contributed by atoms with E-state index in [-0.39, 0.29) is 6.61 Å². The van der Waals surface area contributed by atoms with Crippen LogP contribution in [0.1, 0.15) is 0 Å². The Morgan fingerprint density at radius 2 is 0.659 bits per heavy atom. The maximum atomic E-state index is 8.57. The normalized spacial score (nSPS) is 11.3. The van der Waals surface area contributed by atoms with Crippen LogP contribution in [-0.2, 0) is 47.4 Å². The van der Waals surface area contributed by atoms with Crippen LogP contribution in [0.2, 0.25) is 0 Å². The van der Waals surface area contributed by atoms with Gasteiger partial charge in [0, 0.05) is 0 Å². The van der Waals surface area contributed by atoms with Crippen LogP contribution >= 0.6 is 0 Å². The molecule has 0 aromatic heterocycles. The second-order valence-corrected chi connectivity index (χ2v) is 8.23. The molecular formula is C28H51NO12. The summed E-state index contributed by atoms with van der Waals surface area (Å²) in [7, 11) is 0. The Morgan fingerprint density at radius 1 is 0.390 bits per heavy atom. The molecular weight excluding hydrogens is 542 g/mol. The molecule has 3 N–H and O–H groups in total. The molecule has 0 fully saturated rings. The molecule has 0 saturated heterocycles. The number of aliphatic hydroxyl groups is 1. The van der Waals surface area contributed by atoms with Gasteiger partial charge in [-0.3, -0.25) is 0 Å². The van der Waals surface area contributed by atoms with Gasteiger partial charge >= 0.3 is 0 Å². The molecule has 0 amide bonds. The Morgan fingerprint density at radius 3 is 0.951 bits per heavy atom. The summed E-state index contributed by atoms with van der Waals surface area (Å²) < 4.78 is 59.5. The molecule has 0 saturated carbocycles. The monoisotopic (exact) mass is 593 g/mol. The van der Waals surface area contributed by atoms with Gasteiger partial charge in [0.15, 0.2) is 0 Å². The minimum Gasteiger partial charge on any atom is -0.489 e. The fourth-order valence-electron chi connectivity index (χ4n) is 2.97. The number of hydrogen-bond acceptors (Lipinski definition) is 13. The van der Waals surface area contributed by atoms with E-state index in [1.54, 1.807) is 6.07 Å². The molecule has 41 heavy (non-hydrogen) atoms. The van der Waals surface area contributed by atoms with Crippen molar-refractivity contribution < 1.29 is 57.2 Å². The van der Waals surface area contributed by atoms with Gasteiger partial charge in [0.25, 0.3) is 0 Å². The molecule has 0 heterocycles. The third kappa shape index (κ3) is 27.0. The number of para-hydroxylation sites is 2. The van der Waals surface area contributed by atoms with Gasteiger partial charge in [-0.05, 0) is 12.1 Å². The van der Waals surface area contributed by atoms with E-state index < -0.39 is 0 Å². The van der Waals surface area contributed by atoms with Crippen LogP contribution in [0.3, 0.4) is 0 Å². The van der Waals surface area contributed by atoms with Crippen molar-refractivity contribution in [1.29, 1.82) is 0 Å². The van der Waals surface area contributed by atoms with Gasteiger partial charge in [0.1, 0.15) is 12.4 Å². The van der Waals surface area contributed by atoms with Crippen molar-refractivity contribution in [2.75, 3.05) is 151 Å². The van der Waals surface area contributed by atoms with Crippen molar-refractivity contribution in [1.82, 2.24) is 0 Å². The summed E-state index contributed by atoms with van der Waals surface area (Å²) in [4.78, 5) is 0. The van der Waals surface area contributed by atoms with Crippen LogP contribution < -0.4 is 10.5 Å². The highest BCUT2D eigenvalue weighted by atomic mass is 16.6. The van der Waals surface area contributed by atoms with Crippen molar-refractivity contribution in [3.63, 3.8) is 0 Å². The summed E-state index contributed by atoms with van der Waals surface area (Å²) in [5.41, 5.74) is 6.43. The summed E-state index contributed by atoms with van der Waals surface area (Å²) in [6.07, 6.45) is 0. The van der Waals surface area contributed by atoms with Gasteiger partial charge in [0.05, 0.1) is 144 Å². The highest BCUT2D eigenvalue weighted by molar-refractivity contribution is 5.51. The van der Waals surface area contributed by atoms with E-state index in [4.69, 9.17) is 62.9 Å². The smallest absolute Gasteiger partial charge is 0.142 e. The average molecular weight is 594 g/mol. The van der Waals surface area contributed by atoms with Gasteiger partial charge in [-0.25, -0.2) is 0 Å². The van der Waals surface area contributed by atoms with Gasteiger partial charge in [-0.15, -0.1) is 0 Å². The molecule has 13 heteroatoms. The molecule has 0 bridgehead atoms. The van der Waals surface area contributed by atoms with Crippen molar-refractivity contribution in [3.8, 4) is 5.75 Å². The fraction of sp³-hybridized carbons (Fsp3) is 0.786. The number of anilines is 1. The van der Waals surface area contributed by atoms with E-state index in [0.717, 1.165) is 0 Å². The first-order chi connectivity index (χ1) is 20.3. The molecule has 1 aromatic rings. The molecule has 0 radical (unpaired) electrons. The minimum absolute atomic E-state index is 0.0250. The van der Waals surface area contributed by atoms with Crippen LogP contribution in [0, 0.1) is 0 Å². The zero-order valence-corrected chi connectivity index (χ0v) is 24.4. The first kappa shape index (κ1) is 37.4. The van der Waals surface area contributed by atoms with Crippen molar-refractivity contribution in [3.05, 3.63) is 24.3 Å². The molecule has 0 atom stereocenters. The second kappa shape index (κ2) is 31.3.